The van der Waals surface area contributed by atoms with Gasteiger partial charge in [-0.25, -0.2) is 0 Å². The molecule has 14 heavy (non-hydrogen) atoms. The van der Waals surface area contributed by atoms with Crippen molar-refractivity contribution < 1.29 is 9.90 Å². The third-order valence-corrected chi connectivity index (χ3v) is 2.98. The van der Waals surface area contributed by atoms with E-state index in [9.17, 15) is 4.79 Å². The standard InChI is InChI=1S/C10H20N2O2/c1-12(2)9(7-10(13)14)8-3-5-11-6-4-8/h8-9,11H,3-7H2,1-2H3,(H,13,14). The lowest BCUT2D eigenvalue weighted by Gasteiger charge is -2.34. The largest absolute Gasteiger partial charge is 0.481 e. The van der Waals surface area contributed by atoms with Crippen LogP contribution >= 0.6 is 0 Å². The minimum Gasteiger partial charge on any atom is -0.481 e. The van der Waals surface area contributed by atoms with E-state index in [1.807, 2.05) is 19.0 Å². The van der Waals surface area contributed by atoms with Gasteiger partial charge in [-0.2, -0.15) is 0 Å². The molecule has 1 aliphatic heterocycles. The zero-order valence-electron chi connectivity index (χ0n) is 8.99. The molecule has 4 nitrogen and oxygen atoms in total. The van der Waals surface area contributed by atoms with Gasteiger partial charge in [0.05, 0.1) is 6.42 Å². The van der Waals surface area contributed by atoms with Gasteiger partial charge in [0.25, 0.3) is 0 Å². The fourth-order valence-corrected chi connectivity index (χ4v) is 2.18. The maximum absolute atomic E-state index is 10.7. The monoisotopic (exact) mass is 200 g/mol. The topological polar surface area (TPSA) is 52.6 Å². The molecule has 4 heteroatoms. The van der Waals surface area contributed by atoms with E-state index in [1.54, 1.807) is 0 Å². The van der Waals surface area contributed by atoms with Crippen LogP contribution in [0.15, 0.2) is 0 Å². The third kappa shape index (κ3) is 3.27. The molecule has 0 aliphatic carbocycles. The Bertz CT molecular complexity index is 189. The van der Waals surface area contributed by atoms with Crippen LogP contribution in [-0.2, 0) is 4.79 Å². The molecular formula is C10H20N2O2. The molecule has 1 saturated heterocycles. The van der Waals surface area contributed by atoms with Crippen LogP contribution in [0.25, 0.3) is 0 Å². The molecule has 1 heterocycles. The van der Waals surface area contributed by atoms with Crippen LogP contribution in [0.5, 0.6) is 0 Å². The van der Waals surface area contributed by atoms with Crippen LogP contribution in [0.3, 0.4) is 0 Å². The van der Waals surface area contributed by atoms with E-state index in [0.29, 0.717) is 5.92 Å². The zero-order chi connectivity index (χ0) is 10.6. The fraction of sp³-hybridized carbons (Fsp3) is 0.900. The van der Waals surface area contributed by atoms with Crippen molar-refractivity contribution in [2.45, 2.75) is 25.3 Å². The average molecular weight is 200 g/mol. The van der Waals surface area contributed by atoms with Gasteiger partial charge in [0.1, 0.15) is 0 Å². The summed E-state index contributed by atoms with van der Waals surface area (Å²) in [6.45, 7) is 2.04. The second-order valence-electron chi connectivity index (χ2n) is 4.22. The van der Waals surface area contributed by atoms with Crippen molar-refractivity contribution in [3.05, 3.63) is 0 Å². The molecule has 0 aromatic heterocycles. The third-order valence-electron chi connectivity index (χ3n) is 2.98. The minimum atomic E-state index is -0.692. The molecule has 0 aromatic carbocycles. The fourth-order valence-electron chi connectivity index (χ4n) is 2.18. The first kappa shape index (κ1) is 11.5. The number of hydrogen-bond donors (Lipinski definition) is 2. The Morgan fingerprint density at radius 1 is 1.50 bits per heavy atom. The number of hydrogen-bond acceptors (Lipinski definition) is 3. The van der Waals surface area contributed by atoms with Gasteiger partial charge in [-0.3, -0.25) is 4.79 Å². The van der Waals surface area contributed by atoms with E-state index in [4.69, 9.17) is 5.11 Å². The summed E-state index contributed by atoms with van der Waals surface area (Å²) in [7, 11) is 3.94. The van der Waals surface area contributed by atoms with Gasteiger partial charge >= 0.3 is 5.97 Å². The van der Waals surface area contributed by atoms with Crippen LogP contribution in [-0.4, -0.2) is 49.2 Å². The SMILES string of the molecule is CN(C)C(CC(=O)O)C1CCNCC1. The van der Waals surface area contributed by atoms with E-state index in [-0.39, 0.29) is 12.5 Å². The van der Waals surface area contributed by atoms with E-state index < -0.39 is 5.97 Å². The second-order valence-corrected chi connectivity index (χ2v) is 4.22. The Morgan fingerprint density at radius 2 is 2.07 bits per heavy atom. The Labute approximate surface area is 85.3 Å². The summed E-state index contributed by atoms with van der Waals surface area (Å²) in [6, 6.07) is 0.189. The number of aliphatic carboxylic acids is 1. The Kier molecular flexibility index (Phi) is 4.35. The lowest BCUT2D eigenvalue weighted by Crippen LogP contribution is -2.42. The highest BCUT2D eigenvalue weighted by Crippen LogP contribution is 2.21. The van der Waals surface area contributed by atoms with Gasteiger partial charge in [0.2, 0.25) is 0 Å². The number of nitrogens with zero attached hydrogens (tertiary/aromatic N) is 1. The molecule has 0 amide bonds. The van der Waals surface area contributed by atoms with E-state index in [2.05, 4.69) is 5.32 Å². The lowest BCUT2D eigenvalue weighted by atomic mass is 9.88. The van der Waals surface area contributed by atoms with Crippen molar-refractivity contribution in [1.29, 1.82) is 0 Å². The molecule has 1 aliphatic rings. The number of carbonyl (C=O) groups is 1. The van der Waals surface area contributed by atoms with Crippen molar-refractivity contribution in [3.8, 4) is 0 Å². The molecule has 0 saturated carbocycles. The van der Waals surface area contributed by atoms with E-state index >= 15 is 0 Å². The highest BCUT2D eigenvalue weighted by Gasteiger charge is 2.26. The molecule has 1 atom stereocenters. The molecule has 1 fully saturated rings. The predicted octanol–water partition coefficient (Wildman–Crippen LogP) is 0.391. The van der Waals surface area contributed by atoms with Crippen molar-refractivity contribution >= 4 is 5.97 Å². The maximum Gasteiger partial charge on any atom is 0.304 e. The first-order chi connectivity index (χ1) is 6.61. The van der Waals surface area contributed by atoms with Crippen LogP contribution in [0.2, 0.25) is 0 Å². The number of nitrogens with one attached hydrogen (secondary N) is 1. The average Bonchev–Trinajstić information content (AvgIpc) is 2.15. The summed E-state index contributed by atoms with van der Waals surface area (Å²) in [5.74, 6) is -0.162. The van der Waals surface area contributed by atoms with Crippen LogP contribution in [0.4, 0.5) is 0 Å². The molecule has 0 radical (unpaired) electrons. The molecule has 0 aromatic rings. The quantitative estimate of drug-likeness (QED) is 0.689. The first-order valence-corrected chi connectivity index (χ1v) is 5.20. The van der Waals surface area contributed by atoms with Crippen molar-refractivity contribution in [1.82, 2.24) is 10.2 Å². The van der Waals surface area contributed by atoms with E-state index in [0.717, 1.165) is 25.9 Å². The van der Waals surface area contributed by atoms with Gasteiger partial charge in [-0.05, 0) is 45.9 Å². The summed E-state index contributed by atoms with van der Waals surface area (Å²) >= 11 is 0. The summed E-state index contributed by atoms with van der Waals surface area (Å²) in [4.78, 5) is 12.8. The first-order valence-electron chi connectivity index (χ1n) is 5.20. The lowest BCUT2D eigenvalue weighted by molar-refractivity contribution is -0.138. The van der Waals surface area contributed by atoms with Crippen LogP contribution in [0, 0.1) is 5.92 Å². The molecule has 1 rings (SSSR count). The smallest absolute Gasteiger partial charge is 0.304 e. The van der Waals surface area contributed by atoms with Gasteiger partial charge in [-0.1, -0.05) is 0 Å². The van der Waals surface area contributed by atoms with Crippen molar-refractivity contribution in [2.75, 3.05) is 27.2 Å². The summed E-state index contributed by atoms with van der Waals surface area (Å²) in [5, 5.41) is 12.1. The van der Waals surface area contributed by atoms with Crippen LogP contribution in [0.1, 0.15) is 19.3 Å². The minimum absolute atomic E-state index is 0.189. The van der Waals surface area contributed by atoms with Gasteiger partial charge in [0.15, 0.2) is 0 Å². The Hall–Kier alpha value is -0.610. The highest BCUT2D eigenvalue weighted by molar-refractivity contribution is 5.67. The van der Waals surface area contributed by atoms with Gasteiger partial charge in [-0.15, -0.1) is 0 Å². The number of carboxylic acids is 1. The normalized spacial score (nSPS) is 21.1. The number of rotatable bonds is 4. The summed E-state index contributed by atoms with van der Waals surface area (Å²) < 4.78 is 0. The van der Waals surface area contributed by atoms with Crippen molar-refractivity contribution in [3.63, 3.8) is 0 Å². The molecule has 2 N–H and O–H groups in total. The molecule has 82 valence electrons. The molecule has 0 bridgehead atoms. The maximum atomic E-state index is 10.7. The molecular weight excluding hydrogens is 180 g/mol. The number of carboxylic acid groups (broad SMARTS) is 1. The van der Waals surface area contributed by atoms with Gasteiger partial charge < -0.3 is 15.3 Å². The van der Waals surface area contributed by atoms with Crippen molar-refractivity contribution in [2.24, 2.45) is 5.92 Å². The molecule has 1 unspecified atom stereocenters. The summed E-state index contributed by atoms with van der Waals surface area (Å²) in [6.07, 6.45) is 2.45. The van der Waals surface area contributed by atoms with Crippen LogP contribution < -0.4 is 5.32 Å². The Morgan fingerprint density at radius 3 is 2.50 bits per heavy atom. The van der Waals surface area contributed by atoms with E-state index in [1.165, 1.54) is 0 Å². The predicted molar refractivity (Wildman–Crippen MR) is 55.3 cm³/mol. The molecule has 0 spiro atoms. The number of piperidine rings is 1. The summed E-state index contributed by atoms with van der Waals surface area (Å²) in [5.41, 5.74) is 0. The highest BCUT2D eigenvalue weighted by atomic mass is 16.4. The zero-order valence-corrected chi connectivity index (χ0v) is 8.99. The second kappa shape index (κ2) is 5.32. The van der Waals surface area contributed by atoms with Gasteiger partial charge in [0, 0.05) is 6.04 Å². The Balaban J connectivity index is 2.51.